The zero-order valence-electron chi connectivity index (χ0n) is 14.9. The number of halogens is 1. The van der Waals surface area contributed by atoms with Gasteiger partial charge in [0.05, 0.1) is 18.7 Å². The van der Waals surface area contributed by atoms with Gasteiger partial charge in [-0.25, -0.2) is 9.78 Å². The van der Waals surface area contributed by atoms with Gasteiger partial charge in [-0.05, 0) is 51.8 Å². The Bertz CT molecular complexity index is 799. The van der Waals surface area contributed by atoms with Crippen LogP contribution in [0.4, 0.5) is 4.79 Å². The van der Waals surface area contributed by atoms with E-state index in [-0.39, 0.29) is 17.9 Å². The lowest BCUT2D eigenvalue weighted by molar-refractivity contribution is -0.00963. The van der Waals surface area contributed by atoms with E-state index >= 15 is 0 Å². The Morgan fingerprint density at radius 3 is 2.80 bits per heavy atom. The Balaban J connectivity index is 1.82. The van der Waals surface area contributed by atoms with E-state index in [4.69, 9.17) is 16.3 Å². The van der Waals surface area contributed by atoms with E-state index in [0.717, 1.165) is 11.1 Å². The molecule has 1 aliphatic heterocycles. The van der Waals surface area contributed by atoms with Crippen molar-refractivity contribution in [3.05, 3.63) is 23.2 Å². The Labute approximate surface area is 151 Å². The summed E-state index contributed by atoms with van der Waals surface area (Å²) < 4.78 is 7.38. The maximum atomic E-state index is 12.2. The molecule has 8 heteroatoms. The van der Waals surface area contributed by atoms with Crippen molar-refractivity contribution in [2.45, 2.75) is 51.9 Å². The number of fused-ring (bicyclic) bond motifs is 1. The Morgan fingerprint density at radius 2 is 2.16 bits per heavy atom. The number of hydrogen-bond donors (Lipinski definition) is 1. The molecule has 1 saturated heterocycles. The second-order valence-electron chi connectivity index (χ2n) is 7.42. The lowest BCUT2D eigenvalue weighted by Gasteiger charge is -2.37. The minimum Gasteiger partial charge on any atom is -0.444 e. The van der Waals surface area contributed by atoms with Gasteiger partial charge in [0.1, 0.15) is 11.2 Å². The van der Waals surface area contributed by atoms with Gasteiger partial charge < -0.3 is 19.3 Å². The fourth-order valence-electron chi connectivity index (χ4n) is 3.25. The third kappa shape index (κ3) is 3.72. The second-order valence-corrected chi connectivity index (χ2v) is 7.76. The molecule has 0 saturated carbocycles. The monoisotopic (exact) mass is 366 g/mol. The highest BCUT2D eigenvalue weighted by Gasteiger charge is 2.34. The van der Waals surface area contributed by atoms with Crippen LogP contribution in [0.15, 0.2) is 12.3 Å². The summed E-state index contributed by atoms with van der Waals surface area (Å²) in [4.78, 5) is 22.1. The van der Waals surface area contributed by atoms with E-state index in [9.17, 15) is 9.90 Å². The van der Waals surface area contributed by atoms with Crippen LogP contribution >= 0.6 is 11.6 Å². The standard InChI is InChI=1S/C17H23ClN4O3/c1-10-7-11-8-19-15(18)20-14(11)22(10)12-5-6-21(9-13(12)23)16(24)25-17(2,3)4/h7-8,12-13,23H,5-6,9H2,1-4H3. The molecule has 2 atom stereocenters. The molecule has 136 valence electrons. The van der Waals surface area contributed by atoms with Gasteiger partial charge >= 0.3 is 6.09 Å². The summed E-state index contributed by atoms with van der Waals surface area (Å²) in [6.07, 6.45) is 1.16. The number of aliphatic hydroxyl groups excluding tert-OH is 1. The van der Waals surface area contributed by atoms with Gasteiger partial charge in [0.2, 0.25) is 5.28 Å². The van der Waals surface area contributed by atoms with Crippen LogP contribution in [0.2, 0.25) is 5.28 Å². The highest BCUT2D eigenvalue weighted by atomic mass is 35.5. The van der Waals surface area contributed by atoms with Gasteiger partial charge in [-0.1, -0.05) is 0 Å². The number of piperidine rings is 1. The quantitative estimate of drug-likeness (QED) is 0.785. The predicted octanol–water partition coefficient (Wildman–Crippen LogP) is 2.94. The minimum absolute atomic E-state index is 0.174. The molecular weight excluding hydrogens is 344 g/mol. The predicted molar refractivity (Wildman–Crippen MR) is 94.7 cm³/mol. The van der Waals surface area contributed by atoms with Crippen LogP contribution in [0.3, 0.4) is 0 Å². The molecule has 0 bridgehead atoms. The molecule has 7 nitrogen and oxygen atoms in total. The number of amides is 1. The van der Waals surface area contributed by atoms with E-state index in [0.29, 0.717) is 18.6 Å². The fraction of sp³-hybridized carbons (Fsp3) is 0.588. The van der Waals surface area contributed by atoms with Gasteiger partial charge in [0, 0.05) is 23.8 Å². The average molecular weight is 367 g/mol. The van der Waals surface area contributed by atoms with Crippen molar-refractivity contribution < 1.29 is 14.6 Å². The van der Waals surface area contributed by atoms with Gasteiger partial charge in [-0.15, -0.1) is 0 Å². The summed E-state index contributed by atoms with van der Waals surface area (Å²) in [5.41, 5.74) is 1.12. The average Bonchev–Trinajstić information content (AvgIpc) is 2.81. The summed E-state index contributed by atoms with van der Waals surface area (Å²) in [6.45, 7) is 8.17. The molecule has 2 aromatic rings. The molecule has 0 aliphatic carbocycles. The normalized spacial score (nSPS) is 21.6. The van der Waals surface area contributed by atoms with Crippen molar-refractivity contribution in [1.82, 2.24) is 19.4 Å². The van der Waals surface area contributed by atoms with E-state index in [1.165, 1.54) is 0 Å². The van der Waals surface area contributed by atoms with Crippen molar-refractivity contribution >= 4 is 28.7 Å². The number of carbonyl (C=O) groups is 1. The number of aryl methyl sites for hydroxylation is 1. The van der Waals surface area contributed by atoms with Crippen LogP contribution in [-0.4, -0.2) is 55.4 Å². The molecule has 3 rings (SSSR count). The first-order valence-electron chi connectivity index (χ1n) is 8.32. The molecule has 0 radical (unpaired) electrons. The first-order valence-corrected chi connectivity index (χ1v) is 8.69. The van der Waals surface area contributed by atoms with E-state index < -0.39 is 17.8 Å². The zero-order chi connectivity index (χ0) is 18.4. The number of likely N-dealkylation sites (tertiary alicyclic amines) is 1. The van der Waals surface area contributed by atoms with Gasteiger partial charge in [0.15, 0.2) is 0 Å². The number of hydrogen-bond acceptors (Lipinski definition) is 5. The number of rotatable bonds is 1. The maximum absolute atomic E-state index is 12.2. The lowest BCUT2D eigenvalue weighted by Crippen LogP contribution is -2.48. The first kappa shape index (κ1) is 17.9. The van der Waals surface area contributed by atoms with Crippen molar-refractivity contribution in [2.75, 3.05) is 13.1 Å². The van der Waals surface area contributed by atoms with Crippen LogP contribution < -0.4 is 0 Å². The van der Waals surface area contributed by atoms with Crippen LogP contribution in [0.25, 0.3) is 11.0 Å². The Morgan fingerprint density at radius 1 is 1.44 bits per heavy atom. The second kappa shape index (κ2) is 6.46. The number of aromatic nitrogens is 3. The Kier molecular flexibility index (Phi) is 4.64. The van der Waals surface area contributed by atoms with E-state index in [1.807, 2.05) is 38.3 Å². The number of carbonyl (C=O) groups excluding carboxylic acids is 1. The number of ether oxygens (including phenoxy) is 1. The van der Waals surface area contributed by atoms with Crippen LogP contribution in [0.1, 0.15) is 38.9 Å². The van der Waals surface area contributed by atoms with Crippen LogP contribution in [0, 0.1) is 6.92 Å². The smallest absolute Gasteiger partial charge is 0.410 e. The zero-order valence-corrected chi connectivity index (χ0v) is 15.6. The van der Waals surface area contributed by atoms with Crippen LogP contribution in [-0.2, 0) is 4.74 Å². The summed E-state index contributed by atoms with van der Waals surface area (Å²) in [5, 5.41) is 11.7. The summed E-state index contributed by atoms with van der Waals surface area (Å²) in [7, 11) is 0. The molecule has 1 fully saturated rings. The van der Waals surface area contributed by atoms with E-state index in [2.05, 4.69) is 9.97 Å². The Hall–Kier alpha value is -1.86. The summed E-state index contributed by atoms with van der Waals surface area (Å²) in [6, 6.07) is 1.79. The molecular formula is C17H23ClN4O3. The molecule has 0 aromatic carbocycles. The van der Waals surface area contributed by atoms with Gasteiger partial charge in [-0.2, -0.15) is 4.98 Å². The molecule has 1 amide bonds. The third-order valence-corrected chi connectivity index (χ3v) is 4.45. The molecule has 2 unspecified atom stereocenters. The molecule has 1 N–H and O–H groups in total. The maximum Gasteiger partial charge on any atom is 0.410 e. The van der Waals surface area contributed by atoms with Crippen molar-refractivity contribution in [1.29, 1.82) is 0 Å². The lowest BCUT2D eigenvalue weighted by atomic mass is 10.0. The molecule has 2 aromatic heterocycles. The summed E-state index contributed by atoms with van der Waals surface area (Å²) >= 11 is 5.93. The SMILES string of the molecule is Cc1cc2cnc(Cl)nc2n1C1CCN(C(=O)OC(C)(C)C)CC1O. The molecule has 1 aliphatic rings. The van der Waals surface area contributed by atoms with Crippen molar-refractivity contribution in [3.8, 4) is 0 Å². The van der Waals surface area contributed by atoms with Crippen LogP contribution in [0.5, 0.6) is 0 Å². The van der Waals surface area contributed by atoms with Gasteiger partial charge in [0.25, 0.3) is 0 Å². The summed E-state index contributed by atoms with van der Waals surface area (Å²) in [5.74, 6) is 0. The van der Waals surface area contributed by atoms with Crippen molar-refractivity contribution in [3.63, 3.8) is 0 Å². The van der Waals surface area contributed by atoms with Gasteiger partial charge in [-0.3, -0.25) is 0 Å². The molecule has 25 heavy (non-hydrogen) atoms. The topological polar surface area (TPSA) is 80.5 Å². The number of aliphatic hydroxyl groups is 1. The van der Waals surface area contributed by atoms with Crippen molar-refractivity contribution in [2.24, 2.45) is 0 Å². The highest BCUT2D eigenvalue weighted by molar-refractivity contribution is 6.28. The highest BCUT2D eigenvalue weighted by Crippen LogP contribution is 2.30. The first-order chi connectivity index (χ1) is 11.7. The number of nitrogens with zero attached hydrogens (tertiary/aromatic N) is 4. The number of β-amino-alcohol motifs (C(OH)–C–C–N with tert-alkyl or cyclic N) is 1. The largest absolute Gasteiger partial charge is 0.444 e. The fourth-order valence-corrected chi connectivity index (χ4v) is 3.38. The minimum atomic E-state index is -0.718. The van der Waals surface area contributed by atoms with E-state index in [1.54, 1.807) is 11.1 Å². The molecule has 3 heterocycles. The molecule has 0 spiro atoms. The third-order valence-electron chi connectivity index (χ3n) is 4.27.